The van der Waals surface area contributed by atoms with Crippen molar-refractivity contribution in [1.29, 1.82) is 0 Å². The fourth-order valence-corrected chi connectivity index (χ4v) is 5.38. The lowest BCUT2D eigenvalue weighted by molar-refractivity contribution is -0.134. The molecule has 1 aromatic heterocycles. The summed E-state index contributed by atoms with van der Waals surface area (Å²) in [7, 11) is 0. The van der Waals surface area contributed by atoms with Crippen LogP contribution in [0.5, 0.6) is 5.75 Å². The molecule has 2 aromatic carbocycles. The van der Waals surface area contributed by atoms with Crippen LogP contribution in [0.1, 0.15) is 62.0 Å². The van der Waals surface area contributed by atoms with Gasteiger partial charge in [0.05, 0.1) is 13.2 Å². The Labute approximate surface area is 200 Å². The topological polar surface area (TPSA) is 63.6 Å². The van der Waals surface area contributed by atoms with E-state index in [1.165, 1.54) is 6.42 Å². The predicted molar refractivity (Wildman–Crippen MR) is 133 cm³/mol. The number of carbonyl (C=O) groups is 2. The number of hydrogen-bond acceptors (Lipinski definition) is 3. The average Bonchev–Trinajstić information content (AvgIpc) is 3.22. The Morgan fingerprint density at radius 1 is 1.09 bits per heavy atom. The van der Waals surface area contributed by atoms with Crippen LogP contribution in [0.3, 0.4) is 0 Å². The molecule has 0 unspecified atom stereocenters. The van der Waals surface area contributed by atoms with Gasteiger partial charge < -0.3 is 19.5 Å². The number of amides is 2. The highest BCUT2D eigenvalue weighted by atomic mass is 16.5. The van der Waals surface area contributed by atoms with Gasteiger partial charge in [-0.25, -0.2) is 0 Å². The number of nitrogens with zero attached hydrogens (tertiary/aromatic N) is 2. The maximum absolute atomic E-state index is 13.9. The predicted octanol–water partition coefficient (Wildman–Crippen LogP) is 4.90. The number of benzene rings is 2. The maximum atomic E-state index is 13.9. The fraction of sp³-hybridized carbons (Fsp3) is 0.429. The monoisotopic (exact) mass is 459 g/mol. The maximum Gasteiger partial charge on any atom is 0.271 e. The zero-order valence-corrected chi connectivity index (χ0v) is 20.0. The molecule has 1 atom stereocenters. The Kier molecular flexibility index (Phi) is 6.07. The van der Waals surface area contributed by atoms with Crippen molar-refractivity contribution < 1.29 is 14.3 Å². The van der Waals surface area contributed by atoms with Crippen LogP contribution >= 0.6 is 0 Å². The molecule has 0 saturated heterocycles. The minimum atomic E-state index is -0.998. The van der Waals surface area contributed by atoms with E-state index in [0.29, 0.717) is 25.4 Å². The Morgan fingerprint density at radius 2 is 1.82 bits per heavy atom. The molecule has 1 saturated carbocycles. The van der Waals surface area contributed by atoms with Crippen molar-refractivity contribution >= 4 is 22.7 Å². The molecule has 0 spiro atoms. The molecular formula is C28H33N3O3. The van der Waals surface area contributed by atoms with Crippen LogP contribution < -0.4 is 10.1 Å². The molecule has 5 rings (SSSR count). The first-order valence-electron chi connectivity index (χ1n) is 12.4. The van der Waals surface area contributed by atoms with Crippen molar-refractivity contribution in [1.82, 2.24) is 14.8 Å². The number of rotatable bonds is 6. The van der Waals surface area contributed by atoms with Crippen molar-refractivity contribution in [3.8, 4) is 5.75 Å². The fourth-order valence-electron chi connectivity index (χ4n) is 5.38. The molecule has 178 valence electrons. The Hall–Kier alpha value is -3.28. The zero-order chi connectivity index (χ0) is 23.7. The van der Waals surface area contributed by atoms with Gasteiger partial charge in [-0.3, -0.25) is 9.59 Å². The Balaban J connectivity index is 1.51. The molecule has 0 bridgehead atoms. The average molecular weight is 460 g/mol. The van der Waals surface area contributed by atoms with Gasteiger partial charge in [0.25, 0.3) is 5.91 Å². The lowest BCUT2D eigenvalue weighted by Gasteiger charge is -2.45. The third-order valence-electron chi connectivity index (χ3n) is 7.34. The Morgan fingerprint density at radius 3 is 2.56 bits per heavy atom. The van der Waals surface area contributed by atoms with E-state index in [4.69, 9.17) is 4.74 Å². The van der Waals surface area contributed by atoms with Gasteiger partial charge in [-0.15, -0.1) is 0 Å². The van der Waals surface area contributed by atoms with Gasteiger partial charge in [0.1, 0.15) is 17.0 Å². The summed E-state index contributed by atoms with van der Waals surface area (Å²) in [6, 6.07) is 17.9. The van der Waals surface area contributed by atoms with E-state index in [1.54, 1.807) is 4.90 Å². The van der Waals surface area contributed by atoms with E-state index in [9.17, 15) is 9.59 Å². The van der Waals surface area contributed by atoms with Gasteiger partial charge in [-0.1, -0.05) is 49.6 Å². The molecular weight excluding hydrogens is 426 g/mol. The van der Waals surface area contributed by atoms with E-state index in [-0.39, 0.29) is 17.9 Å². The first kappa shape index (κ1) is 22.5. The summed E-state index contributed by atoms with van der Waals surface area (Å²) in [4.78, 5) is 29.4. The highest BCUT2D eigenvalue weighted by Crippen LogP contribution is 2.34. The smallest absolute Gasteiger partial charge is 0.271 e. The highest BCUT2D eigenvalue weighted by Gasteiger charge is 2.48. The molecule has 6 nitrogen and oxygen atoms in total. The summed E-state index contributed by atoms with van der Waals surface area (Å²) >= 11 is 0. The SMILES string of the molecule is CCOc1ccc(CN2C(=O)c3cc4ccccc4n3C[C@@]2(C)C(=O)NC2CCCCC2)cc1. The number of nitrogens with one attached hydrogen (secondary N) is 1. The quantitative estimate of drug-likeness (QED) is 0.570. The number of ether oxygens (including phenoxy) is 1. The molecule has 1 fully saturated rings. The summed E-state index contributed by atoms with van der Waals surface area (Å²) in [5.41, 5.74) is 1.60. The lowest BCUT2D eigenvalue weighted by atomic mass is 9.91. The molecule has 34 heavy (non-hydrogen) atoms. The van der Waals surface area contributed by atoms with E-state index in [2.05, 4.69) is 5.32 Å². The molecule has 2 aliphatic rings. The summed E-state index contributed by atoms with van der Waals surface area (Å²) < 4.78 is 7.59. The van der Waals surface area contributed by atoms with Crippen LogP contribution in [0.2, 0.25) is 0 Å². The van der Waals surface area contributed by atoms with Gasteiger partial charge in [0.15, 0.2) is 0 Å². The van der Waals surface area contributed by atoms with Crippen molar-refractivity contribution in [2.75, 3.05) is 6.61 Å². The summed E-state index contributed by atoms with van der Waals surface area (Å²) in [5.74, 6) is 0.619. The van der Waals surface area contributed by atoms with E-state index < -0.39 is 5.54 Å². The number of aromatic nitrogens is 1. The van der Waals surface area contributed by atoms with Crippen LogP contribution in [0.15, 0.2) is 54.6 Å². The molecule has 1 aliphatic carbocycles. The van der Waals surface area contributed by atoms with Gasteiger partial charge in [0.2, 0.25) is 5.91 Å². The van der Waals surface area contributed by atoms with Gasteiger partial charge >= 0.3 is 0 Å². The Bertz CT molecular complexity index is 1190. The minimum absolute atomic E-state index is 0.0675. The lowest BCUT2D eigenvalue weighted by Crippen LogP contribution is -2.64. The van der Waals surface area contributed by atoms with Crippen LogP contribution in [0.4, 0.5) is 0 Å². The minimum Gasteiger partial charge on any atom is -0.494 e. The summed E-state index contributed by atoms with van der Waals surface area (Å²) in [5, 5.41) is 4.31. The van der Waals surface area contributed by atoms with Crippen molar-refractivity contribution in [3.63, 3.8) is 0 Å². The number of carbonyl (C=O) groups excluding carboxylic acids is 2. The van der Waals surface area contributed by atoms with Crippen LogP contribution in [-0.2, 0) is 17.9 Å². The molecule has 3 aromatic rings. The highest BCUT2D eigenvalue weighted by molar-refractivity contribution is 6.03. The normalized spacial score (nSPS) is 20.9. The molecule has 1 aliphatic heterocycles. The molecule has 0 radical (unpaired) electrons. The van der Waals surface area contributed by atoms with Crippen molar-refractivity contribution in [2.24, 2.45) is 0 Å². The number of hydrogen-bond donors (Lipinski definition) is 1. The third kappa shape index (κ3) is 4.06. The second kappa shape index (κ2) is 9.16. The standard InChI is InChI=1S/C28H33N3O3/c1-3-34-23-15-13-20(14-16-23)18-31-26(32)25-17-21-9-7-8-12-24(21)30(25)19-28(31,2)27(33)29-22-10-5-4-6-11-22/h7-9,12-17,22H,3-6,10-11,18-19H2,1-2H3,(H,29,33)/t28-/m0/s1. The van der Waals surface area contributed by atoms with Gasteiger partial charge in [0, 0.05) is 23.5 Å². The third-order valence-corrected chi connectivity index (χ3v) is 7.34. The zero-order valence-electron chi connectivity index (χ0n) is 20.0. The molecule has 6 heteroatoms. The first-order chi connectivity index (χ1) is 16.5. The number of fused-ring (bicyclic) bond motifs is 3. The van der Waals surface area contributed by atoms with Gasteiger partial charge in [-0.05, 0) is 56.5 Å². The van der Waals surface area contributed by atoms with Crippen molar-refractivity contribution in [3.05, 3.63) is 65.9 Å². The van der Waals surface area contributed by atoms with E-state index >= 15 is 0 Å². The van der Waals surface area contributed by atoms with Crippen molar-refractivity contribution in [2.45, 2.75) is 70.6 Å². The van der Waals surface area contributed by atoms with Crippen LogP contribution in [0.25, 0.3) is 10.9 Å². The summed E-state index contributed by atoms with van der Waals surface area (Å²) in [6.07, 6.45) is 5.52. The van der Waals surface area contributed by atoms with E-state index in [1.807, 2.05) is 73.0 Å². The molecule has 2 amide bonds. The van der Waals surface area contributed by atoms with E-state index in [0.717, 1.165) is 47.9 Å². The molecule has 2 heterocycles. The first-order valence-corrected chi connectivity index (χ1v) is 12.4. The number of para-hydroxylation sites is 1. The molecule has 1 N–H and O–H groups in total. The van der Waals surface area contributed by atoms with Crippen LogP contribution in [0, 0.1) is 0 Å². The summed E-state index contributed by atoms with van der Waals surface area (Å²) in [6.45, 7) is 5.26. The second-order valence-electron chi connectivity index (χ2n) is 9.73. The van der Waals surface area contributed by atoms with Crippen LogP contribution in [-0.4, -0.2) is 39.5 Å². The van der Waals surface area contributed by atoms with Gasteiger partial charge in [-0.2, -0.15) is 0 Å². The second-order valence-corrected chi connectivity index (χ2v) is 9.73. The largest absolute Gasteiger partial charge is 0.494 e.